The van der Waals surface area contributed by atoms with Gasteiger partial charge < -0.3 is 5.73 Å². The monoisotopic (exact) mass is 189 g/mol. The Balaban J connectivity index is 3.08. The molecule has 0 aromatic heterocycles. The zero-order valence-corrected chi connectivity index (χ0v) is 7.10. The van der Waals surface area contributed by atoms with Gasteiger partial charge in [-0.25, -0.2) is 0 Å². The number of hydrogen-bond acceptors (Lipinski definition) is 1. The molecule has 72 valence electrons. The Bertz CT molecular complexity index is 277. The highest BCUT2D eigenvalue weighted by molar-refractivity contribution is 5.24. The summed E-state index contributed by atoms with van der Waals surface area (Å²) in [5.41, 5.74) is 2.99. The van der Waals surface area contributed by atoms with Crippen LogP contribution in [-0.4, -0.2) is 6.18 Å². The molecule has 0 radical (unpaired) electrons. The second-order valence-corrected chi connectivity index (χ2v) is 3.07. The van der Waals surface area contributed by atoms with Gasteiger partial charge in [-0.05, 0) is 12.5 Å². The minimum Gasteiger partial charge on any atom is -0.314 e. The van der Waals surface area contributed by atoms with Gasteiger partial charge in [0.15, 0.2) is 0 Å². The molecular weight excluding hydrogens is 179 g/mol. The molecule has 0 fully saturated rings. The quantitative estimate of drug-likeness (QED) is 0.721. The maximum Gasteiger partial charge on any atom is 0.410 e. The summed E-state index contributed by atoms with van der Waals surface area (Å²) in [5, 5.41) is 0. The number of alkyl halides is 3. The maximum atomic E-state index is 12.4. The van der Waals surface area contributed by atoms with Crippen LogP contribution in [0.3, 0.4) is 0 Å². The molecule has 0 aliphatic carbocycles. The topological polar surface area (TPSA) is 26.0 Å². The molecule has 0 amide bonds. The third-order valence-corrected chi connectivity index (χ3v) is 1.96. The summed E-state index contributed by atoms with van der Waals surface area (Å²) in [6.45, 7) is 0.961. The lowest BCUT2D eigenvalue weighted by atomic mass is 9.93. The van der Waals surface area contributed by atoms with Crippen molar-refractivity contribution in [2.75, 3.05) is 0 Å². The highest BCUT2D eigenvalue weighted by atomic mass is 19.4. The summed E-state index contributed by atoms with van der Waals surface area (Å²) >= 11 is 0. The Morgan fingerprint density at radius 2 is 1.54 bits per heavy atom. The van der Waals surface area contributed by atoms with Crippen LogP contribution in [0.4, 0.5) is 13.2 Å². The lowest BCUT2D eigenvalue weighted by Gasteiger charge is -2.27. The first-order valence-corrected chi connectivity index (χ1v) is 3.77. The molecule has 0 bridgehead atoms. The standard InChI is InChI=1S/C9H10F3N/c1-8(13,9(10,11)12)7-5-3-2-4-6-7/h2-6H,13H2,1H3. The van der Waals surface area contributed by atoms with E-state index in [1.807, 2.05) is 0 Å². The molecule has 0 saturated heterocycles. The molecule has 1 nitrogen and oxygen atoms in total. The predicted octanol–water partition coefficient (Wildman–Crippen LogP) is 2.42. The van der Waals surface area contributed by atoms with Crippen molar-refractivity contribution in [2.45, 2.75) is 18.6 Å². The molecule has 0 aliphatic rings. The van der Waals surface area contributed by atoms with E-state index in [0.717, 1.165) is 6.92 Å². The van der Waals surface area contributed by atoms with Crippen LogP contribution in [0.1, 0.15) is 12.5 Å². The van der Waals surface area contributed by atoms with Crippen molar-refractivity contribution >= 4 is 0 Å². The molecule has 1 rings (SSSR count). The molecule has 0 saturated carbocycles. The van der Waals surface area contributed by atoms with E-state index < -0.39 is 11.7 Å². The second-order valence-electron chi connectivity index (χ2n) is 3.07. The summed E-state index contributed by atoms with van der Waals surface area (Å²) in [7, 11) is 0. The Morgan fingerprint density at radius 3 is 1.92 bits per heavy atom. The molecule has 0 heterocycles. The number of halogens is 3. The fourth-order valence-electron chi connectivity index (χ4n) is 0.948. The first-order chi connectivity index (χ1) is 5.86. The van der Waals surface area contributed by atoms with Gasteiger partial charge in [0.25, 0.3) is 0 Å². The Hall–Kier alpha value is -1.03. The van der Waals surface area contributed by atoms with Crippen molar-refractivity contribution in [1.29, 1.82) is 0 Å². The van der Waals surface area contributed by atoms with Crippen LogP contribution in [0.15, 0.2) is 30.3 Å². The van der Waals surface area contributed by atoms with Crippen molar-refractivity contribution in [3.8, 4) is 0 Å². The minimum absolute atomic E-state index is 0.0718. The van der Waals surface area contributed by atoms with Gasteiger partial charge in [-0.2, -0.15) is 13.2 Å². The van der Waals surface area contributed by atoms with Crippen LogP contribution in [0, 0.1) is 0 Å². The maximum absolute atomic E-state index is 12.4. The molecule has 4 heteroatoms. The van der Waals surface area contributed by atoms with E-state index in [4.69, 9.17) is 5.73 Å². The highest BCUT2D eigenvalue weighted by Gasteiger charge is 2.49. The van der Waals surface area contributed by atoms with E-state index in [-0.39, 0.29) is 5.56 Å². The van der Waals surface area contributed by atoms with E-state index in [0.29, 0.717) is 0 Å². The molecule has 13 heavy (non-hydrogen) atoms. The molecule has 1 aromatic carbocycles. The first kappa shape index (κ1) is 10.1. The van der Waals surface area contributed by atoms with Gasteiger partial charge in [-0.15, -0.1) is 0 Å². The number of benzene rings is 1. The van der Waals surface area contributed by atoms with Gasteiger partial charge in [0.2, 0.25) is 0 Å². The molecular formula is C9H10F3N. The fraction of sp³-hybridized carbons (Fsp3) is 0.333. The highest BCUT2D eigenvalue weighted by Crippen LogP contribution is 2.35. The smallest absolute Gasteiger partial charge is 0.314 e. The normalized spacial score (nSPS) is 16.7. The van der Waals surface area contributed by atoms with Gasteiger partial charge in [0.05, 0.1) is 0 Å². The van der Waals surface area contributed by atoms with E-state index in [1.165, 1.54) is 24.3 Å². The van der Waals surface area contributed by atoms with Gasteiger partial charge >= 0.3 is 6.18 Å². The molecule has 1 unspecified atom stereocenters. The van der Waals surface area contributed by atoms with E-state index >= 15 is 0 Å². The number of nitrogens with two attached hydrogens (primary N) is 1. The van der Waals surface area contributed by atoms with Crippen molar-refractivity contribution in [3.05, 3.63) is 35.9 Å². The minimum atomic E-state index is -4.42. The van der Waals surface area contributed by atoms with E-state index in [1.54, 1.807) is 6.07 Å². The third kappa shape index (κ3) is 1.83. The van der Waals surface area contributed by atoms with Crippen LogP contribution >= 0.6 is 0 Å². The van der Waals surface area contributed by atoms with Crippen LogP contribution in [0.25, 0.3) is 0 Å². The fourth-order valence-corrected chi connectivity index (χ4v) is 0.948. The molecule has 0 aliphatic heterocycles. The second kappa shape index (κ2) is 3.03. The summed E-state index contributed by atoms with van der Waals surface area (Å²) in [5.74, 6) is 0. The van der Waals surface area contributed by atoms with Gasteiger partial charge in [0, 0.05) is 0 Å². The van der Waals surface area contributed by atoms with Crippen LogP contribution in [0.2, 0.25) is 0 Å². The van der Waals surface area contributed by atoms with Crippen LogP contribution in [-0.2, 0) is 5.54 Å². The molecule has 1 atom stereocenters. The van der Waals surface area contributed by atoms with E-state index in [9.17, 15) is 13.2 Å². The van der Waals surface area contributed by atoms with Crippen LogP contribution in [0.5, 0.6) is 0 Å². The van der Waals surface area contributed by atoms with Gasteiger partial charge in [-0.1, -0.05) is 30.3 Å². The Morgan fingerprint density at radius 1 is 1.08 bits per heavy atom. The number of hydrogen-bond donors (Lipinski definition) is 1. The van der Waals surface area contributed by atoms with Crippen molar-refractivity contribution in [3.63, 3.8) is 0 Å². The molecule has 0 spiro atoms. The first-order valence-electron chi connectivity index (χ1n) is 3.77. The van der Waals surface area contributed by atoms with Gasteiger partial charge in [0.1, 0.15) is 5.54 Å². The van der Waals surface area contributed by atoms with Crippen LogP contribution < -0.4 is 5.73 Å². The predicted molar refractivity (Wildman–Crippen MR) is 44.0 cm³/mol. The molecule has 2 N–H and O–H groups in total. The summed E-state index contributed by atoms with van der Waals surface area (Å²) in [6.07, 6.45) is -4.42. The summed E-state index contributed by atoms with van der Waals surface area (Å²) < 4.78 is 37.2. The third-order valence-electron chi connectivity index (χ3n) is 1.96. The number of rotatable bonds is 1. The largest absolute Gasteiger partial charge is 0.410 e. The lowest BCUT2D eigenvalue weighted by molar-refractivity contribution is -0.184. The summed E-state index contributed by atoms with van der Waals surface area (Å²) in [4.78, 5) is 0. The molecule has 1 aromatic rings. The zero-order chi connectivity index (χ0) is 10.1. The average Bonchev–Trinajstić information content (AvgIpc) is 2.04. The van der Waals surface area contributed by atoms with Crippen molar-refractivity contribution < 1.29 is 13.2 Å². The van der Waals surface area contributed by atoms with Gasteiger partial charge in [-0.3, -0.25) is 0 Å². The average molecular weight is 189 g/mol. The van der Waals surface area contributed by atoms with Crippen molar-refractivity contribution in [2.24, 2.45) is 5.73 Å². The zero-order valence-electron chi connectivity index (χ0n) is 7.10. The summed E-state index contributed by atoms with van der Waals surface area (Å²) in [6, 6.07) is 7.45. The van der Waals surface area contributed by atoms with Crippen molar-refractivity contribution in [1.82, 2.24) is 0 Å². The Labute approximate surface area is 74.4 Å². The SMILES string of the molecule is CC(N)(c1ccccc1)C(F)(F)F. The lowest BCUT2D eigenvalue weighted by Crippen LogP contribution is -2.47. The van der Waals surface area contributed by atoms with E-state index in [2.05, 4.69) is 0 Å². The Kier molecular flexibility index (Phi) is 2.34.